The molecule has 0 saturated carbocycles. The van der Waals surface area contributed by atoms with Crippen LogP contribution in [0.5, 0.6) is 0 Å². The number of nitrogens with zero attached hydrogens (tertiary/aromatic N) is 5. The van der Waals surface area contributed by atoms with Gasteiger partial charge in [0.25, 0.3) is 5.91 Å². The maximum atomic E-state index is 13.1. The largest absolute Gasteiger partial charge is 0.365 e. The van der Waals surface area contributed by atoms with Gasteiger partial charge in [-0.1, -0.05) is 55.8 Å². The number of aromatic nitrogens is 3. The minimum absolute atomic E-state index is 0.0674. The van der Waals surface area contributed by atoms with Crippen LogP contribution >= 0.6 is 22.9 Å². The van der Waals surface area contributed by atoms with Crippen molar-refractivity contribution >= 4 is 44.7 Å². The summed E-state index contributed by atoms with van der Waals surface area (Å²) in [7, 11) is 0. The molecular weight excluding hydrogens is 478 g/mol. The van der Waals surface area contributed by atoms with E-state index >= 15 is 0 Å². The van der Waals surface area contributed by atoms with Gasteiger partial charge in [-0.05, 0) is 55.2 Å². The lowest BCUT2D eigenvalue weighted by Crippen LogP contribution is -2.49. The molecule has 5 rings (SSSR count). The molecule has 2 aromatic carbocycles. The first-order valence-electron chi connectivity index (χ1n) is 11.9. The number of carbonyl (C=O) groups is 1. The zero-order chi connectivity index (χ0) is 24.9. The van der Waals surface area contributed by atoms with Gasteiger partial charge < -0.3 is 9.80 Å². The van der Waals surface area contributed by atoms with E-state index in [1.165, 1.54) is 5.56 Å². The highest BCUT2D eigenvalue weighted by Gasteiger charge is 2.26. The van der Waals surface area contributed by atoms with Crippen LogP contribution < -0.4 is 4.90 Å². The Labute approximate surface area is 215 Å². The number of anilines is 1. The van der Waals surface area contributed by atoms with Crippen molar-refractivity contribution in [3.05, 3.63) is 70.0 Å². The minimum Gasteiger partial charge on any atom is -0.365 e. The van der Waals surface area contributed by atoms with E-state index in [1.54, 1.807) is 11.3 Å². The Balaban J connectivity index is 1.35. The number of halogens is 1. The van der Waals surface area contributed by atoms with Crippen molar-refractivity contribution < 1.29 is 4.79 Å². The van der Waals surface area contributed by atoms with Crippen LogP contribution in [0.25, 0.3) is 15.3 Å². The zero-order valence-electron chi connectivity index (χ0n) is 20.8. The number of fused-ring (bicyclic) bond motifs is 1. The van der Waals surface area contributed by atoms with E-state index in [2.05, 4.69) is 42.9 Å². The summed E-state index contributed by atoms with van der Waals surface area (Å²) in [4.78, 5) is 22.3. The molecule has 1 saturated heterocycles. The van der Waals surface area contributed by atoms with Crippen LogP contribution in [-0.4, -0.2) is 51.8 Å². The maximum absolute atomic E-state index is 13.1. The van der Waals surface area contributed by atoms with Crippen molar-refractivity contribution in [1.29, 1.82) is 0 Å². The van der Waals surface area contributed by atoms with Crippen molar-refractivity contribution in [3.8, 4) is 5.13 Å². The molecule has 2 aromatic heterocycles. The van der Waals surface area contributed by atoms with Gasteiger partial charge in [-0.25, -0.2) is 9.67 Å². The molecule has 35 heavy (non-hydrogen) atoms. The number of carbonyl (C=O) groups excluding carboxylic acids is 1. The highest BCUT2D eigenvalue weighted by atomic mass is 35.5. The Hall–Kier alpha value is -2.90. The number of hydrogen-bond acceptors (Lipinski definition) is 5. The molecule has 3 heterocycles. The molecule has 1 aliphatic rings. The fraction of sp³-hybridized carbons (Fsp3) is 0.370. The van der Waals surface area contributed by atoms with Crippen molar-refractivity contribution in [1.82, 2.24) is 19.7 Å². The van der Waals surface area contributed by atoms with Gasteiger partial charge in [0.2, 0.25) is 5.13 Å². The normalized spacial score (nSPS) is 14.7. The van der Waals surface area contributed by atoms with E-state index in [1.807, 2.05) is 53.8 Å². The Bertz CT molecular complexity index is 1390. The number of hydrogen-bond donors (Lipinski definition) is 0. The van der Waals surface area contributed by atoms with Crippen molar-refractivity contribution in [2.45, 2.75) is 40.0 Å². The molecular formula is C27H30ClN5OS. The van der Waals surface area contributed by atoms with Gasteiger partial charge in [-0.15, -0.1) is 0 Å². The third-order valence-electron chi connectivity index (χ3n) is 6.55. The Kier molecular flexibility index (Phi) is 6.09. The molecule has 0 bridgehead atoms. The number of amides is 1. The SMILES string of the molecule is Cc1cc(C)n(-c2nc3c(N4CCN(C(=O)c5ccc(C(C)(C)C)cc5)CC4)c(Cl)ccc3s2)n1. The smallest absolute Gasteiger partial charge is 0.253 e. The Morgan fingerprint density at radius 1 is 1.00 bits per heavy atom. The summed E-state index contributed by atoms with van der Waals surface area (Å²) in [6.07, 6.45) is 0. The summed E-state index contributed by atoms with van der Waals surface area (Å²) in [5.74, 6) is 0.0786. The van der Waals surface area contributed by atoms with Crippen LogP contribution in [0.1, 0.15) is 48.1 Å². The maximum Gasteiger partial charge on any atom is 0.253 e. The molecule has 4 aromatic rings. The van der Waals surface area contributed by atoms with Crippen molar-refractivity contribution in [2.75, 3.05) is 31.1 Å². The summed E-state index contributed by atoms with van der Waals surface area (Å²) in [6, 6.07) is 14.0. The monoisotopic (exact) mass is 507 g/mol. The molecule has 0 unspecified atom stereocenters. The van der Waals surface area contributed by atoms with E-state index in [-0.39, 0.29) is 11.3 Å². The molecule has 1 fully saturated rings. The van der Waals surface area contributed by atoms with E-state index in [4.69, 9.17) is 16.6 Å². The molecule has 0 atom stereocenters. The highest BCUT2D eigenvalue weighted by molar-refractivity contribution is 7.20. The first-order valence-corrected chi connectivity index (χ1v) is 13.1. The quantitative estimate of drug-likeness (QED) is 0.340. The van der Waals surface area contributed by atoms with E-state index < -0.39 is 0 Å². The predicted molar refractivity (Wildman–Crippen MR) is 144 cm³/mol. The second-order valence-corrected chi connectivity index (χ2v) is 11.6. The average molecular weight is 508 g/mol. The molecule has 0 aliphatic carbocycles. The Morgan fingerprint density at radius 2 is 1.69 bits per heavy atom. The fourth-order valence-corrected chi connectivity index (χ4v) is 5.84. The summed E-state index contributed by atoms with van der Waals surface area (Å²) < 4.78 is 2.96. The fourth-order valence-electron chi connectivity index (χ4n) is 4.59. The second-order valence-electron chi connectivity index (χ2n) is 10.2. The topological polar surface area (TPSA) is 54.3 Å². The number of piperazine rings is 1. The molecule has 6 nitrogen and oxygen atoms in total. The third kappa shape index (κ3) is 4.55. The van der Waals surface area contributed by atoms with E-state index in [0.717, 1.165) is 38.0 Å². The van der Waals surface area contributed by atoms with Gasteiger partial charge in [0, 0.05) is 37.4 Å². The van der Waals surface area contributed by atoms with Crippen LogP contribution in [0.2, 0.25) is 5.02 Å². The number of rotatable bonds is 3. The summed E-state index contributed by atoms with van der Waals surface area (Å²) in [5, 5.41) is 6.11. The van der Waals surface area contributed by atoms with Crippen molar-refractivity contribution in [3.63, 3.8) is 0 Å². The van der Waals surface area contributed by atoms with Gasteiger partial charge in [0.15, 0.2) is 0 Å². The molecule has 8 heteroatoms. The van der Waals surface area contributed by atoms with Crippen LogP contribution in [0.3, 0.4) is 0 Å². The zero-order valence-corrected chi connectivity index (χ0v) is 22.4. The highest BCUT2D eigenvalue weighted by Crippen LogP contribution is 2.38. The lowest BCUT2D eigenvalue weighted by Gasteiger charge is -2.36. The van der Waals surface area contributed by atoms with Crippen LogP contribution in [0, 0.1) is 13.8 Å². The van der Waals surface area contributed by atoms with Gasteiger partial charge in [0.05, 0.1) is 21.1 Å². The number of thiazole rings is 1. The number of aryl methyl sites for hydroxylation is 2. The Morgan fingerprint density at radius 3 is 2.29 bits per heavy atom. The third-order valence-corrected chi connectivity index (χ3v) is 7.85. The first-order chi connectivity index (χ1) is 16.6. The second kappa shape index (κ2) is 8.95. The molecule has 0 radical (unpaired) electrons. The van der Waals surface area contributed by atoms with Crippen LogP contribution in [0.4, 0.5) is 5.69 Å². The lowest BCUT2D eigenvalue weighted by molar-refractivity contribution is 0.0747. The van der Waals surface area contributed by atoms with Crippen molar-refractivity contribution in [2.24, 2.45) is 0 Å². The minimum atomic E-state index is 0.0674. The van der Waals surface area contributed by atoms with Gasteiger partial charge >= 0.3 is 0 Å². The number of benzene rings is 2. The summed E-state index contributed by atoms with van der Waals surface area (Å²) >= 11 is 8.30. The standard InChI is InChI=1S/C27H30ClN5OS/c1-17-16-18(2)33(30-17)26-29-23-22(35-26)11-10-21(28)24(23)31-12-14-32(15-13-31)25(34)19-6-8-20(9-7-19)27(3,4)5/h6-11,16H,12-15H2,1-5H3. The predicted octanol–water partition coefficient (Wildman–Crippen LogP) is 6.01. The van der Waals surface area contributed by atoms with Gasteiger partial charge in [-0.3, -0.25) is 4.79 Å². The molecule has 0 N–H and O–H groups in total. The molecule has 0 spiro atoms. The molecule has 182 valence electrons. The molecule has 1 aliphatic heterocycles. The van der Waals surface area contributed by atoms with E-state index in [9.17, 15) is 4.79 Å². The lowest BCUT2D eigenvalue weighted by atomic mass is 9.86. The summed E-state index contributed by atoms with van der Waals surface area (Å²) in [5.41, 5.74) is 5.88. The average Bonchev–Trinajstić information content (AvgIpc) is 3.40. The van der Waals surface area contributed by atoms with Crippen LogP contribution in [0.15, 0.2) is 42.5 Å². The van der Waals surface area contributed by atoms with Crippen LogP contribution in [-0.2, 0) is 5.41 Å². The van der Waals surface area contributed by atoms with E-state index in [0.29, 0.717) is 31.2 Å². The van der Waals surface area contributed by atoms with Gasteiger partial charge in [-0.2, -0.15) is 5.10 Å². The summed E-state index contributed by atoms with van der Waals surface area (Å²) in [6.45, 7) is 13.2. The first kappa shape index (κ1) is 23.8. The van der Waals surface area contributed by atoms with Gasteiger partial charge in [0.1, 0.15) is 5.52 Å². The molecule has 1 amide bonds.